The molecule has 0 unspecified atom stereocenters. The van der Waals surface area contributed by atoms with Crippen LogP contribution in [-0.4, -0.2) is 35.6 Å². The summed E-state index contributed by atoms with van der Waals surface area (Å²) in [6.07, 6.45) is 3.56. The van der Waals surface area contributed by atoms with E-state index in [4.69, 9.17) is 10.8 Å². The van der Waals surface area contributed by atoms with Gasteiger partial charge in [0.15, 0.2) is 0 Å². The van der Waals surface area contributed by atoms with E-state index >= 15 is 0 Å². The first-order valence-electron chi connectivity index (χ1n) is 5.41. The van der Waals surface area contributed by atoms with E-state index in [2.05, 4.69) is 5.32 Å². The molecule has 0 radical (unpaired) electrons. The van der Waals surface area contributed by atoms with Crippen molar-refractivity contribution in [2.45, 2.75) is 43.6 Å². The van der Waals surface area contributed by atoms with Crippen molar-refractivity contribution in [3.8, 4) is 0 Å². The van der Waals surface area contributed by atoms with Crippen molar-refractivity contribution in [3.63, 3.8) is 0 Å². The molecule has 0 atom stereocenters. The van der Waals surface area contributed by atoms with E-state index in [0.29, 0.717) is 0 Å². The predicted molar refractivity (Wildman–Crippen MR) is 55.0 cm³/mol. The molecule has 0 aromatic heterocycles. The Kier molecular flexibility index (Phi) is 4.21. The zero-order valence-electron chi connectivity index (χ0n) is 9.14. The summed E-state index contributed by atoms with van der Waals surface area (Å²) in [5.74, 6) is -3.73. The van der Waals surface area contributed by atoms with Crippen LogP contribution in [0.5, 0.6) is 0 Å². The number of alkyl halides is 2. The summed E-state index contributed by atoms with van der Waals surface area (Å²) >= 11 is 0. The monoisotopic (exact) mass is 236 g/mol. The quantitative estimate of drug-likeness (QED) is 0.646. The lowest BCUT2D eigenvalue weighted by Crippen LogP contribution is -2.45. The molecule has 0 aromatic carbocycles. The van der Waals surface area contributed by atoms with Crippen LogP contribution in [0.25, 0.3) is 0 Å². The molecule has 0 heterocycles. The van der Waals surface area contributed by atoms with E-state index < -0.39 is 30.5 Å². The van der Waals surface area contributed by atoms with Gasteiger partial charge in [0, 0.05) is 12.0 Å². The minimum atomic E-state index is -3.26. The van der Waals surface area contributed by atoms with Gasteiger partial charge in [-0.2, -0.15) is 0 Å². The fourth-order valence-corrected chi connectivity index (χ4v) is 1.92. The van der Waals surface area contributed by atoms with Gasteiger partial charge in [0.1, 0.15) is 6.61 Å². The van der Waals surface area contributed by atoms with Crippen molar-refractivity contribution >= 4 is 5.91 Å². The lowest BCUT2D eigenvalue weighted by molar-refractivity contribution is -0.125. The SMILES string of the molecule is NC1(CC(=O)NCC(F)(F)CO)CCCC1. The highest BCUT2D eigenvalue weighted by Gasteiger charge is 2.33. The minimum absolute atomic E-state index is 0.0779. The van der Waals surface area contributed by atoms with Gasteiger partial charge < -0.3 is 16.2 Å². The van der Waals surface area contributed by atoms with Gasteiger partial charge in [-0.1, -0.05) is 12.8 Å². The van der Waals surface area contributed by atoms with Crippen LogP contribution in [0.15, 0.2) is 0 Å². The third-order valence-corrected chi connectivity index (χ3v) is 2.89. The lowest BCUT2D eigenvalue weighted by atomic mass is 9.94. The molecule has 94 valence electrons. The van der Waals surface area contributed by atoms with Crippen LogP contribution in [0, 0.1) is 0 Å². The highest BCUT2D eigenvalue weighted by atomic mass is 19.3. The molecule has 1 aliphatic carbocycles. The number of carbonyl (C=O) groups is 1. The Morgan fingerprint density at radius 3 is 2.50 bits per heavy atom. The molecule has 0 saturated heterocycles. The Hall–Kier alpha value is -0.750. The number of aliphatic hydroxyl groups is 1. The van der Waals surface area contributed by atoms with Gasteiger partial charge in [0.2, 0.25) is 5.91 Å². The second kappa shape index (κ2) is 5.05. The second-order valence-electron chi connectivity index (χ2n) is 4.54. The average molecular weight is 236 g/mol. The van der Waals surface area contributed by atoms with Gasteiger partial charge in [0.25, 0.3) is 5.92 Å². The van der Waals surface area contributed by atoms with Gasteiger partial charge >= 0.3 is 0 Å². The molecule has 1 saturated carbocycles. The standard InChI is InChI=1S/C10H18F2N2O2/c11-10(12,7-15)6-14-8(16)5-9(13)3-1-2-4-9/h15H,1-7,13H2,(H,14,16). The minimum Gasteiger partial charge on any atom is -0.390 e. The first-order valence-corrected chi connectivity index (χ1v) is 5.41. The Morgan fingerprint density at radius 2 is 2.00 bits per heavy atom. The summed E-state index contributed by atoms with van der Waals surface area (Å²) in [5, 5.41) is 10.4. The zero-order chi connectivity index (χ0) is 12.2. The summed E-state index contributed by atoms with van der Waals surface area (Å²) < 4.78 is 25.3. The van der Waals surface area contributed by atoms with Crippen molar-refractivity contribution < 1.29 is 18.7 Å². The predicted octanol–water partition coefficient (Wildman–Crippen LogP) is 0.392. The lowest BCUT2D eigenvalue weighted by Gasteiger charge is -2.23. The van der Waals surface area contributed by atoms with Crippen molar-refractivity contribution in [1.82, 2.24) is 5.32 Å². The summed E-state index contributed by atoms with van der Waals surface area (Å²) in [4.78, 5) is 11.4. The first kappa shape index (κ1) is 13.3. The number of nitrogens with two attached hydrogens (primary N) is 1. The highest BCUT2D eigenvalue weighted by Crippen LogP contribution is 2.29. The first-order chi connectivity index (χ1) is 7.37. The molecule has 1 amide bonds. The van der Waals surface area contributed by atoms with Crippen LogP contribution in [0.1, 0.15) is 32.1 Å². The fourth-order valence-electron chi connectivity index (χ4n) is 1.92. The van der Waals surface area contributed by atoms with Crippen LogP contribution < -0.4 is 11.1 Å². The van der Waals surface area contributed by atoms with Gasteiger partial charge in [-0.25, -0.2) is 8.78 Å². The molecule has 0 bridgehead atoms. The fraction of sp³-hybridized carbons (Fsp3) is 0.900. The number of nitrogens with one attached hydrogen (secondary N) is 1. The van der Waals surface area contributed by atoms with E-state index in [1.165, 1.54) is 0 Å². The van der Waals surface area contributed by atoms with Crippen LogP contribution >= 0.6 is 0 Å². The summed E-state index contributed by atoms with van der Waals surface area (Å²) in [5.41, 5.74) is 5.40. The third-order valence-electron chi connectivity index (χ3n) is 2.89. The van der Waals surface area contributed by atoms with E-state index in [-0.39, 0.29) is 6.42 Å². The smallest absolute Gasteiger partial charge is 0.287 e. The van der Waals surface area contributed by atoms with Crippen molar-refractivity contribution in [2.75, 3.05) is 13.2 Å². The summed E-state index contributed by atoms with van der Waals surface area (Å²) in [6.45, 7) is -2.10. The van der Waals surface area contributed by atoms with E-state index in [1.807, 2.05) is 0 Å². The second-order valence-corrected chi connectivity index (χ2v) is 4.54. The number of hydrogen-bond donors (Lipinski definition) is 3. The van der Waals surface area contributed by atoms with Crippen LogP contribution in [0.4, 0.5) is 8.78 Å². The number of carbonyl (C=O) groups excluding carboxylic acids is 1. The number of rotatable bonds is 5. The molecule has 4 nitrogen and oxygen atoms in total. The van der Waals surface area contributed by atoms with Gasteiger partial charge in [-0.05, 0) is 12.8 Å². The van der Waals surface area contributed by atoms with E-state index in [9.17, 15) is 13.6 Å². The Bertz CT molecular complexity index is 253. The molecule has 0 spiro atoms. The Morgan fingerprint density at radius 1 is 1.44 bits per heavy atom. The summed E-state index contributed by atoms with van der Waals surface area (Å²) in [7, 11) is 0. The van der Waals surface area contributed by atoms with E-state index in [1.54, 1.807) is 0 Å². The maximum absolute atomic E-state index is 12.6. The average Bonchev–Trinajstić information content (AvgIpc) is 2.62. The van der Waals surface area contributed by atoms with Gasteiger partial charge in [0.05, 0.1) is 6.54 Å². The number of aliphatic hydroxyl groups excluding tert-OH is 1. The molecule has 1 fully saturated rings. The molecule has 16 heavy (non-hydrogen) atoms. The highest BCUT2D eigenvalue weighted by molar-refractivity contribution is 5.77. The van der Waals surface area contributed by atoms with Crippen LogP contribution in [0.3, 0.4) is 0 Å². The molecule has 6 heteroatoms. The van der Waals surface area contributed by atoms with Crippen molar-refractivity contribution in [3.05, 3.63) is 0 Å². The molecular formula is C10H18F2N2O2. The van der Waals surface area contributed by atoms with Crippen LogP contribution in [-0.2, 0) is 4.79 Å². The van der Waals surface area contributed by atoms with Gasteiger partial charge in [-0.3, -0.25) is 4.79 Å². The topological polar surface area (TPSA) is 75.4 Å². The maximum Gasteiger partial charge on any atom is 0.287 e. The molecule has 1 aliphatic rings. The Balaban J connectivity index is 2.31. The molecule has 0 aliphatic heterocycles. The number of hydrogen-bond acceptors (Lipinski definition) is 3. The number of halogens is 2. The molecule has 0 aromatic rings. The summed E-state index contributed by atoms with van der Waals surface area (Å²) in [6, 6.07) is 0. The normalized spacial score (nSPS) is 19.8. The van der Waals surface area contributed by atoms with Gasteiger partial charge in [-0.15, -0.1) is 0 Å². The number of amides is 1. The van der Waals surface area contributed by atoms with Crippen molar-refractivity contribution in [2.24, 2.45) is 5.73 Å². The molecule has 4 N–H and O–H groups in total. The zero-order valence-corrected chi connectivity index (χ0v) is 9.14. The van der Waals surface area contributed by atoms with Crippen molar-refractivity contribution in [1.29, 1.82) is 0 Å². The van der Waals surface area contributed by atoms with Crippen LogP contribution in [0.2, 0.25) is 0 Å². The molecular weight excluding hydrogens is 218 g/mol. The maximum atomic E-state index is 12.6. The third kappa shape index (κ3) is 4.02. The molecule has 1 rings (SSSR count). The Labute approximate surface area is 93.2 Å². The largest absolute Gasteiger partial charge is 0.390 e. The van der Waals surface area contributed by atoms with E-state index in [0.717, 1.165) is 25.7 Å².